The first-order valence-electron chi connectivity index (χ1n) is 9.89. The molecule has 0 bridgehead atoms. The van der Waals surface area contributed by atoms with Gasteiger partial charge >= 0.3 is 0 Å². The molecule has 0 aromatic heterocycles. The van der Waals surface area contributed by atoms with Crippen LogP contribution in [0.25, 0.3) is 33.4 Å². The van der Waals surface area contributed by atoms with Crippen molar-refractivity contribution in [2.75, 3.05) is 0 Å². The third-order valence-corrected chi connectivity index (χ3v) is 5.34. The van der Waals surface area contributed by atoms with Gasteiger partial charge in [0.25, 0.3) is 0 Å². The van der Waals surface area contributed by atoms with Crippen LogP contribution in [0.15, 0.2) is 91.0 Å². The average Bonchev–Trinajstić information content (AvgIpc) is 2.76. The molecule has 0 heterocycles. The predicted octanol–water partition coefficient (Wildman–Crippen LogP) is 7.37. The molecule has 0 aliphatic rings. The highest BCUT2D eigenvalue weighted by Crippen LogP contribution is 2.37. The fourth-order valence-corrected chi connectivity index (χ4v) is 3.72. The van der Waals surface area contributed by atoms with E-state index in [1.54, 1.807) is 0 Å². The summed E-state index contributed by atoms with van der Waals surface area (Å²) >= 11 is 0. The summed E-state index contributed by atoms with van der Waals surface area (Å²) in [6.45, 7) is 4.20. The maximum Gasteiger partial charge on any atom is 0.0670 e. The minimum atomic E-state index is 0.377. The first kappa shape index (κ1) is 18.7. The van der Waals surface area contributed by atoms with Crippen LogP contribution in [0, 0.1) is 25.2 Å². The summed E-state index contributed by atoms with van der Waals surface area (Å²) in [6.07, 6.45) is 0.377. The molecule has 0 unspecified atom stereocenters. The van der Waals surface area contributed by atoms with Crippen LogP contribution in [-0.2, 0) is 6.42 Å². The number of benzene rings is 4. The SMILES string of the molecule is Cc1ccc(-c2cc(-c3ccccc3)c(CC#N)c(-c3ccc(C)cc3)c2)cc1. The first-order chi connectivity index (χ1) is 14.2. The molecule has 4 aromatic carbocycles. The van der Waals surface area contributed by atoms with Crippen molar-refractivity contribution >= 4 is 0 Å². The minimum Gasteiger partial charge on any atom is -0.198 e. The van der Waals surface area contributed by atoms with E-state index in [-0.39, 0.29) is 0 Å². The Balaban J connectivity index is 2.01. The molecule has 140 valence electrons. The summed E-state index contributed by atoms with van der Waals surface area (Å²) in [5, 5.41) is 9.57. The fraction of sp³-hybridized carbons (Fsp3) is 0.107. The monoisotopic (exact) mass is 373 g/mol. The second kappa shape index (κ2) is 8.17. The van der Waals surface area contributed by atoms with E-state index >= 15 is 0 Å². The number of hydrogen-bond acceptors (Lipinski definition) is 1. The molecular weight excluding hydrogens is 350 g/mol. The molecule has 0 saturated heterocycles. The number of hydrogen-bond donors (Lipinski definition) is 0. The van der Waals surface area contributed by atoms with Gasteiger partial charge in [-0.1, -0.05) is 90.0 Å². The van der Waals surface area contributed by atoms with Crippen molar-refractivity contribution in [2.45, 2.75) is 20.3 Å². The maximum absolute atomic E-state index is 9.57. The number of rotatable bonds is 4. The van der Waals surface area contributed by atoms with Crippen LogP contribution < -0.4 is 0 Å². The zero-order valence-electron chi connectivity index (χ0n) is 16.8. The molecule has 0 aliphatic carbocycles. The van der Waals surface area contributed by atoms with Gasteiger partial charge in [-0.25, -0.2) is 0 Å². The van der Waals surface area contributed by atoms with E-state index in [1.165, 1.54) is 22.3 Å². The standard InChI is InChI=1S/C28H23N/c1-20-8-12-22(13-9-20)25-18-27(23-6-4-3-5-7-23)26(16-17-29)28(19-25)24-14-10-21(2)11-15-24/h3-15,18-19H,16H2,1-2H3. The van der Waals surface area contributed by atoms with Crippen LogP contribution in [0.4, 0.5) is 0 Å². The van der Waals surface area contributed by atoms with Crippen LogP contribution in [-0.4, -0.2) is 0 Å². The second-order valence-corrected chi connectivity index (χ2v) is 7.48. The largest absolute Gasteiger partial charge is 0.198 e. The highest BCUT2D eigenvalue weighted by atomic mass is 14.3. The summed E-state index contributed by atoms with van der Waals surface area (Å²) in [5.74, 6) is 0. The van der Waals surface area contributed by atoms with Gasteiger partial charge in [-0.05, 0) is 64.9 Å². The first-order valence-corrected chi connectivity index (χ1v) is 9.89. The van der Waals surface area contributed by atoms with E-state index in [0.29, 0.717) is 6.42 Å². The third kappa shape index (κ3) is 3.98. The Kier molecular flexibility index (Phi) is 5.27. The minimum absolute atomic E-state index is 0.377. The molecule has 1 nitrogen and oxygen atoms in total. The Bertz CT molecular complexity index is 1160. The van der Waals surface area contributed by atoms with E-state index in [0.717, 1.165) is 27.8 Å². The molecule has 0 fully saturated rings. The Morgan fingerprint density at radius 2 is 1.07 bits per heavy atom. The predicted molar refractivity (Wildman–Crippen MR) is 122 cm³/mol. The highest BCUT2D eigenvalue weighted by molar-refractivity contribution is 5.85. The van der Waals surface area contributed by atoms with Crippen LogP contribution >= 0.6 is 0 Å². The van der Waals surface area contributed by atoms with Crippen molar-refractivity contribution in [3.05, 3.63) is 108 Å². The molecular formula is C28H23N. The Labute approximate surface area is 172 Å². The topological polar surface area (TPSA) is 23.8 Å². The van der Waals surface area contributed by atoms with E-state index in [9.17, 15) is 5.26 Å². The van der Waals surface area contributed by atoms with Crippen molar-refractivity contribution in [1.29, 1.82) is 5.26 Å². The van der Waals surface area contributed by atoms with Crippen LogP contribution in [0.5, 0.6) is 0 Å². The van der Waals surface area contributed by atoms with Gasteiger partial charge in [0.1, 0.15) is 0 Å². The molecule has 0 spiro atoms. The lowest BCUT2D eigenvalue weighted by Crippen LogP contribution is -1.96. The molecule has 0 saturated carbocycles. The zero-order valence-corrected chi connectivity index (χ0v) is 16.8. The van der Waals surface area contributed by atoms with Gasteiger partial charge in [0.05, 0.1) is 12.5 Å². The molecule has 0 N–H and O–H groups in total. The number of nitriles is 1. The summed E-state index contributed by atoms with van der Waals surface area (Å²) in [5.41, 5.74) is 10.4. The molecule has 4 rings (SSSR count). The lowest BCUT2D eigenvalue weighted by Gasteiger charge is -2.17. The second-order valence-electron chi connectivity index (χ2n) is 7.48. The van der Waals surface area contributed by atoms with Crippen molar-refractivity contribution in [2.24, 2.45) is 0 Å². The Morgan fingerprint density at radius 3 is 1.59 bits per heavy atom. The molecule has 29 heavy (non-hydrogen) atoms. The van der Waals surface area contributed by atoms with Gasteiger partial charge < -0.3 is 0 Å². The van der Waals surface area contributed by atoms with E-state index in [4.69, 9.17) is 0 Å². The van der Waals surface area contributed by atoms with Gasteiger partial charge in [-0.3, -0.25) is 0 Å². The molecule has 0 amide bonds. The normalized spacial score (nSPS) is 10.5. The van der Waals surface area contributed by atoms with Crippen LogP contribution in [0.1, 0.15) is 16.7 Å². The van der Waals surface area contributed by atoms with Gasteiger partial charge in [-0.15, -0.1) is 0 Å². The van der Waals surface area contributed by atoms with Crippen molar-refractivity contribution in [1.82, 2.24) is 0 Å². The summed E-state index contributed by atoms with van der Waals surface area (Å²) < 4.78 is 0. The van der Waals surface area contributed by atoms with Gasteiger partial charge in [-0.2, -0.15) is 5.26 Å². The highest BCUT2D eigenvalue weighted by Gasteiger charge is 2.15. The molecule has 0 atom stereocenters. The summed E-state index contributed by atoms with van der Waals surface area (Å²) in [7, 11) is 0. The summed E-state index contributed by atoms with van der Waals surface area (Å²) in [4.78, 5) is 0. The third-order valence-electron chi connectivity index (χ3n) is 5.34. The molecule has 1 heteroatoms. The summed E-state index contributed by atoms with van der Waals surface area (Å²) in [6, 6.07) is 34.4. The lowest BCUT2D eigenvalue weighted by molar-refractivity contribution is 1.26. The smallest absolute Gasteiger partial charge is 0.0670 e. The molecule has 0 radical (unpaired) electrons. The quantitative estimate of drug-likeness (QED) is 0.366. The number of nitrogens with zero attached hydrogens (tertiary/aromatic N) is 1. The number of aryl methyl sites for hydroxylation is 2. The zero-order chi connectivity index (χ0) is 20.2. The average molecular weight is 373 g/mol. The van der Waals surface area contributed by atoms with E-state index in [2.05, 4.69) is 105 Å². The Hall–Kier alpha value is -3.63. The van der Waals surface area contributed by atoms with Gasteiger partial charge in [0.15, 0.2) is 0 Å². The van der Waals surface area contributed by atoms with Crippen molar-refractivity contribution in [3.8, 4) is 39.4 Å². The molecule has 0 aliphatic heterocycles. The van der Waals surface area contributed by atoms with E-state index in [1.807, 2.05) is 6.07 Å². The maximum atomic E-state index is 9.57. The van der Waals surface area contributed by atoms with Crippen molar-refractivity contribution in [3.63, 3.8) is 0 Å². The Morgan fingerprint density at radius 1 is 0.586 bits per heavy atom. The fourth-order valence-electron chi connectivity index (χ4n) is 3.72. The lowest BCUT2D eigenvalue weighted by atomic mass is 9.86. The molecule has 4 aromatic rings. The van der Waals surface area contributed by atoms with Crippen LogP contribution in [0.2, 0.25) is 0 Å². The van der Waals surface area contributed by atoms with E-state index < -0.39 is 0 Å². The van der Waals surface area contributed by atoms with Gasteiger partial charge in [0, 0.05) is 0 Å². The van der Waals surface area contributed by atoms with Crippen molar-refractivity contribution < 1.29 is 0 Å². The van der Waals surface area contributed by atoms with Crippen LogP contribution in [0.3, 0.4) is 0 Å². The van der Waals surface area contributed by atoms with Gasteiger partial charge in [0.2, 0.25) is 0 Å².